The van der Waals surface area contributed by atoms with Gasteiger partial charge in [-0.2, -0.15) is 0 Å². The summed E-state index contributed by atoms with van der Waals surface area (Å²) in [7, 11) is -1.38. The van der Waals surface area contributed by atoms with Gasteiger partial charge in [-0.3, -0.25) is 4.79 Å². The van der Waals surface area contributed by atoms with Crippen molar-refractivity contribution in [3.8, 4) is 0 Å². The minimum Gasteiger partial charge on any atom is -0.351 e. The van der Waals surface area contributed by atoms with E-state index in [1.54, 1.807) is 19.3 Å². The normalized spacial score (nSPS) is 23.8. The molecule has 1 N–H and O–H groups in total. The minimum atomic E-state index is -3.02. The first-order chi connectivity index (χ1) is 11.4. The van der Waals surface area contributed by atoms with E-state index in [0.29, 0.717) is 24.1 Å². The number of aromatic nitrogens is 2. The molecule has 1 aromatic rings. The second-order valence-electron chi connectivity index (χ2n) is 6.72. The summed E-state index contributed by atoms with van der Waals surface area (Å²) >= 11 is 0. The van der Waals surface area contributed by atoms with Crippen molar-refractivity contribution in [2.24, 2.45) is 0 Å². The van der Waals surface area contributed by atoms with E-state index in [0.717, 1.165) is 12.8 Å². The molecular formula is C16H24N4O3S. The monoisotopic (exact) mass is 352 g/mol. The number of hydrogen-bond donors (Lipinski definition) is 1. The van der Waals surface area contributed by atoms with Gasteiger partial charge in [0.05, 0.1) is 11.5 Å². The van der Waals surface area contributed by atoms with Gasteiger partial charge in [0.15, 0.2) is 9.84 Å². The average Bonchev–Trinajstić information content (AvgIpc) is 2.95. The molecule has 1 aliphatic heterocycles. The Morgan fingerprint density at radius 2 is 2.00 bits per heavy atom. The molecule has 8 heteroatoms. The van der Waals surface area contributed by atoms with E-state index >= 15 is 0 Å². The smallest absolute Gasteiger partial charge is 0.272 e. The topological polar surface area (TPSA) is 92.3 Å². The second kappa shape index (κ2) is 7.04. The second-order valence-corrected chi connectivity index (χ2v) is 8.95. The van der Waals surface area contributed by atoms with E-state index in [1.165, 1.54) is 24.2 Å². The third-order valence-electron chi connectivity index (χ3n) is 4.89. The SMILES string of the molecule is CN(C(=O)c1ccnc(NC2CCCCC2)n1)C1CCS(=O)(=O)C1. The molecule has 1 saturated carbocycles. The van der Waals surface area contributed by atoms with Crippen LogP contribution in [0.2, 0.25) is 0 Å². The Hall–Kier alpha value is -1.70. The summed E-state index contributed by atoms with van der Waals surface area (Å²) in [6.45, 7) is 0. The summed E-state index contributed by atoms with van der Waals surface area (Å²) < 4.78 is 23.2. The first-order valence-corrected chi connectivity index (χ1v) is 10.3. The third-order valence-corrected chi connectivity index (χ3v) is 6.64. The van der Waals surface area contributed by atoms with Crippen LogP contribution in [0.3, 0.4) is 0 Å². The summed E-state index contributed by atoms with van der Waals surface area (Å²) in [6.07, 6.45) is 7.94. The van der Waals surface area contributed by atoms with E-state index < -0.39 is 9.84 Å². The van der Waals surface area contributed by atoms with Gasteiger partial charge in [-0.15, -0.1) is 0 Å². The fourth-order valence-corrected chi connectivity index (χ4v) is 5.18. The Balaban J connectivity index is 1.67. The Kier molecular flexibility index (Phi) is 5.03. The van der Waals surface area contributed by atoms with Crippen LogP contribution in [-0.2, 0) is 9.84 Å². The molecule has 1 unspecified atom stereocenters. The highest BCUT2D eigenvalue weighted by Crippen LogP contribution is 2.21. The van der Waals surface area contributed by atoms with Crippen LogP contribution < -0.4 is 5.32 Å². The predicted molar refractivity (Wildman–Crippen MR) is 91.7 cm³/mol. The maximum atomic E-state index is 12.6. The number of rotatable bonds is 4. The molecule has 1 saturated heterocycles. The Bertz CT molecular complexity index is 701. The summed E-state index contributed by atoms with van der Waals surface area (Å²) in [5, 5.41) is 3.31. The largest absolute Gasteiger partial charge is 0.351 e. The van der Waals surface area contributed by atoms with Crippen LogP contribution in [0.15, 0.2) is 12.3 Å². The maximum absolute atomic E-state index is 12.6. The zero-order valence-corrected chi connectivity index (χ0v) is 14.8. The highest BCUT2D eigenvalue weighted by atomic mass is 32.2. The van der Waals surface area contributed by atoms with E-state index in [-0.39, 0.29) is 23.5 Å². The third kappa shape index (κ3) is 4.03. The molecule has 7 nitrogen and oxygen atoms in total. The van der Waals surface area contributed by atoms with Gasteiger partial charge in [0.1, 0.15) is 5.69 Å². The number of nitrogens with zero attached hydrogens (tertiary/aromatic N) is 3. The zero-order chi connectivity index (χ0) is 17.2. The minimum absolute atomic E-state index is 0.0352. The van der Waals surface area contributed by atoms with Crippen LogP contribution in [0, 0.1) is 0 Å². The van der Waals surface area contributed by atoms with Crippen LogP contribution in [-0.4, -0.2) is 59.8 Å². The van der Waals surface area contributed by atoms with Crippen LogP contribution >= 0.6 is 0 Å². The lowest BCUT2D eigenvalue weighted by Gasteiger charge is -2.24. The molecule has 1 aliphatic carbocycles. The predicted octanol–water partition coefficient (Wildman–Crippen LogP) is 1.48. The van der Waals surface area contributed by atoms with Gasteiger partial charge < -0.3 is 10.2 Å². The molecule has 1 amide bonds. The number of carbonyl (C=O) groups is 1. The van der Waals surface area contributed by atoms with Gasteiger partial charge >= 0.3 is 0 Å². The van der Waals surface area contributed by atoms with Crippen molar-refractivity contribution in [2.45, 2.75) is 50.6 Å². The van der Waals surface area contributed by atoms with Crippen LogP contribution in [0.1, 0.15) is 49.0 Å². The van der Waals surface area contributed by atoms with E-state index in [4.69, 9.17) is 0 Å². The summed E-state index contributed by atoms with van der Waals surface area (Å²) in [6, 6.07) is 1.67. The molecule has 2 aliphatic rings. The fraction of sp³-hybridized carbons (Fsp3) is 0.688. The van der Waals surface area contributed by atoms with Gasteiger partial charge in [-0.05, 0) is 25.3 Å². The van der Waals surface area contributed by atoms with Gasteiger partial charge in [0.2, 0.25) is 5.95 Å². The summed E-state index contributed by atoms with van der Waals surface area (Å²) in [5.41, 5.74) is 0.301. The quantitative estimate of drug-likeness (QED) is 0.882. The molecule has 24 heavy (non-hydrogen) atoms. The number of carbonyl (C=O) groups excluding carboxylic acids is 1. The number of amides is 1. The molecule has 0 bridgehead atoms. The lowest BCUT2D eigenvalue weighted by molar-refractivity contribution is 0.0741. The molecule has 3 rings (SSSR count). The summed E-state index contributed by atoms with van der Waals surface area (Å²) in [5.74, 6) is 0.396. The van der Waals surface area contributed by atoms with E-state index in [9.17, 15) is 13.2 Å². The van der Waals surface area contributed by atoms with Crippen molar-refractivity contribution in [2.75, 3.05) is 23.9 Å². The highest BCUT2D eigenvalue weighted by Gasteiger charge is 2.33. The molecule has 1 aromatic heterocycles. The lowest BCUT2D eigenvalue weighted by Crippen LogP contribution is -2.38. The molecule has 0 spiro atoms. The van der Waals surface area contributed by atoms with Crippen LogP contribution in [0.4, 0.5) is 5.95 Å². The van der Waals surface area contributed by atoms with E-state index in [1.807, 2.05) is 0 Å². The molecule has 0 aromatic carbocycles. The molecule has 1 atom stereocenters. The highest BCUT2D eigenvalue weighted by molar-refractivity contribution is 7.91. The van der Waals surface area contributed by atoms with Gasteiger partial charge in [0, 0.05) is 25.3 Å². The number of sulfone groups is 1. The van der Waals surface area contributed by atoms with Crippen molar-refractivity contribution >= 4 is 21.7 Å². The average molecular weight is 352 g/mol. The number of hydrogen-bond acceptors (Lipinski definition) is 6. The Labute approximate surface area is 142 Å². The standard InChI is InChI=1S/C16H24N4O3S/c1-20(13-8-10-24(22,23)11-13)15(21)14-7-9-17-16(19-14)18-12-5-3-2-4-6-12/h7,9,12-13H,2-6,8,10-11H2,1H3,(H,17,18,19). The zero-order valence-electron chi connectivity index (χ0n) is 13.9. The van der Waals surface area contributed by atoms with Gasteiger partial charge in [0.25, 0.3) is 5.91 Å². The van der Waals surface area contributed by atoms with Gasteiger partial charge in [-0.25, -0.2) is 18.4 Å². The van der Waals surface area contributed by atoms with Crippen molar-refractivity contribution in [3.63, 3.8) is 0 Å². The van der Waals surface area contributed by atoms with Crippen molar-refractivity contribution in [3.05, 3.63) is 18.0 Å². The molecule has 132 valence electrons. The Morgan fingerprint density at radius 1 is 1.25 bits per heavy atom. The molecule has 2 fully saturated rings. The molecule has 0 radical (unpaired) electrons. The lowest BCUT2D eigenvalue weighted by atomic mass is 9.96. The van der Waals surface area contributed by atoms with Crippen molar-refractivity contribution in [1.29, 1.82) is 0 Å². The van der Waals surface area contributed by atoms with E-state index in [2.05, 4.69) is 15.3 Å². The molecular weight excluding hydrogens is 328 g/mol. The van der Waals surface area contributed by atoms with Crippen LogP contribution in [0.25, 0.3) is 0 Å². The fourth-order valence-electron chi connectivity index (χ4n) is 3.40. The van der Waals surface area contributed by atoms with Gasteiger partial charge in [-0.1, -0.05) is 19.3 Å². The maximum Gasteiger partial charge on any atom is 0.272 e. The Morgan fingerprint density at radius 3 is 2.67 bits per heavy atom. The number of anilines is 1. The number of nitrogens with one attached hydrogen (secondary N) is 1. The summed E-state index contributed by atoms with van der Waals surface area (Å²) in [4.78, 5) is 22.6. The first-order valence-electron chi connectivity index (χ1n) is 8.52. The van der Waals surface area contributed by atoms with Crippen molar-refractivity contribution in [1.82, 2.24) is 14.9 Å². The first kappa shape index (κ1) is 17.1. The molecule has 2 heterocycles. The van der Waals surface area contributed by atoms with Crippen molar-refractivity contribution < 1.29 is 13.2 Å². The van der Waals surface area contributed by atoms with Crippen LogP contribution in [0.5, 0.6) is 0 Å².